The summed E-state index contributed by atoms with van der Waals surface area (Å²) in [7, 11) is 0. The van der Waals surface area contributed by atoms with E-state index in [1.54, 1.807) is 6.92 Å². The molecule has 1 atom stereocenters. The van der Waals surface area contributed by atoms with Gasteiger partial charge in [-0.15, -0.1) is 0 Å². The Balaban J connectivity index is 2.34. The molecule has 0 amide bonds. The molecule has 0 radical (unpaired) electrons. The molecule has 0 saturated heterocycles. The van der Waals surface area contributed by atoms with E-state index < -0.39 is 40.0 Å². The van der Waals surface area contributed by atoms with Crippen LogP contribution in [0.5, 0.6) is 0 Å². The molecule has 0 bridgehead atoms. The summed E-state index contributed by atoms with van der Waals surface area (Å²) >= 11 is 6.00. The van der Waals surface area contributed by atoms with Crippen LogP contribution in [0.15, 0.2) is 35.3 Å². The highest BCUT2D eigenvalue weighted by molar-refractivity contribution is 6.37. The van der Waals surface area contributed by atoms with Crippen molar-refractivity contribution in [3.05, 3.63) is 63.7 Å². The normalized spacial score (nSPS) is 17.4. The Bertz CT molecular complexity index is 841. The summed E-state index contributed by atoms with van der Waals surface area (Å²) in [5.74, 6) is -1.85. The summed E-state index contributed by atoms with van der Waals surface area (Å²) in [6, 6.07) is 4.81. The third-order valence-corrected chi connectivity index (χ3v) is 4.21. The van der Waals surface area contributed by atoms with Crippen molar-refractivity contribution in [1.82, 2.24) is 0 Å². The standard InChI is InChI=1S/C17H12ClF5N2/c1-8-7-24-12-6-5-9(17(21,22)23)15(18)14(12)16(25-8)13-10(19)3-2-4-11(13)20/h2-6,8,24H,7H2,1H3. The number of anilines is 1. The van der Waals surface area contributed by atoms with Crippen molar-refractivity contribution in [2.75, 3.05) is 11.9 Å². The van der Waals surface area contributed by atoms with Crippen LogP contribution in [-0.4, -0.2) is 18.3 Å². The Morgan fingerprint density at radius 3 is 2.32 bits per heavy atom. The Morgan fingerprint density at radius 1 is 1.08 bits per heavy atom. The fraction of sp³-hybridized carbons (Fsp3) is 0.235. The number of hydrogen-bond donors (Lipinski definition) is 1. The molecule has 1 N–H and O–H groups in total. The highest BCUT2D eigenvalue weighted by Gasteiger charge is 2.36. The van der Waals surface area contributed by atoms with E-state index in [1.165, 1.54) is 12.1 Å². The molecule has 3 rings (SSSR count). The molecule has 132 valence electrons. The Hall–Kier alpha value is -2.15. The van der Waals surface area contributed by atoms with E-state index in [9.17, 15) is 22.0 Å². The monoisotopic (exact) mass is 374 g/mol. The molecule has 2 aromatic rings. The van der Waals surface area contributed by atoms with Gasteiger partial charge in [0.05, 0.1) is 27.9 Å². The molecule has 2 aromatic carbocycles. The van der Waals surface area contributed by atoms with Gasteiger partial charge in [0.15, 0.2) is 0 Å². The summed E-state index contributed by atoms with van der Waals surface area (Å²) in [4.78, 5) is 4.22. The summed E-state index contributed by atoms with van der Waals surface area (Å²) in [5, 5.41) is 2.28. The number of benzene rings is 2. The maximum Gasteiger partial charge on any atom is 0.417 e. The predicted octanol–water partition coefficient (Wildman–Crippen LogP) is 5.29. The number of halogens is 6. The summed E-state index contributed by atoms with van der Waals surface area (Å²) in [6.07, 6.45) is -4.71. The first kappa shape index (κ1) is 17.7. The molecule has 0 spiro atoms. The lowest BCUT2D eigenvalue weighted by atomic mass is 9.97. The van der Waals surface area contributed by atoms with Gasteiger partial charge in [0, 0.05) is 17.8 Å². The fourth-order valence-corrected chi connectivity index (χ4v) is 3.04. The zero-order chi connectivity index (χ0) is 18.4. The van der Waals surface area contributed by atoms with Crippen molar-refractivity contribution in [3.63, 3.8) is 0 Å². The predicted molar refractivity (Wildman–Crippen MR) is 86.4 cm³/mol. The molecule has 1 unspecified atom stereocenters. The van der Waals surface area contributed by atoms with Crippen LogP contribution in [0.4, 0.5) is 27.6 Å². The molecule has 1 aliphatic rings. The second kappa shape index (κ2) is 6.29. The lowest BCUT2D eigenvalue weighted by molar-refractivity contribution is -0.137. The van der Waals surface area contributed by atoms with Gasteiger partial charge in [0.25, 0.3) is 0 Å². The summed E-state index contributed by atoms with van der Waals surface area (Å²) < 4.78 is 68.1. The molecule has 2 nitrogen and oxygen atoms in total. The van der Waals surface area contributed by atoms with Crippen LogP contribution in [-0.2, 0) is 6.18 Å². The molecule has 0 fully saturated rings. The molecule has 0 saturated carbocycles. The van der Waals surface area contributed by atoms with Gasteiger partial charge in [-0.3, -0.25) is 4.99 Å². The highest BCUT2D eigenvalue weighted by Crippen LogP contribution is 2.41. The molecule has 0 aliphatic carbocycles. The van der Waals surface area contributed by atoms with E-state index in [0.29, 0.717) is 0 Å². The average molecular weight is 375 g/mol. The Labute approximate surface area is 145 Å². The van der Waals surface area contributed by atoms with E-state index in [0.717, 1.165) is 18.2 Å². The molecule has 0 aromatic heterocycles. The maximum atomic E-state index is 14.2. The third-order valence-electron chi connectivity index (χ3n) is 3.82. The van der Waals surface area contributed by atoms with Crippen LogP contribution in [0.2, 0.25) is 5.02 Å². The zero-order valence-corrected chi connectivity index (χ0v) is 13.6. The van der Waals surface area contributed by atoms with Crippen LogP contribution in [0.1, 0.15) is 23.6 Å². The second-order valence-corrected chi connectivity index (χ2v) is 6.03. The number of hydrogen-bond acceptors (Lipinski definition) is 2. The summed E-state index contributed by atoms with van der Waals surface area (Å²) in [6.45, 7) is 1.96. The lowest BCUT2D eigenvalue weighted by Crippen LogP contribution is -2.14. The minimum absolute atomic E-state index is 0.162. The number of benzodiazepines with no additional fused rings is 1. The van der Waals surface area contributed by atoms with Crippen molar-refractivity contribution < 1.29 is 22.0 Å². The van der Waals surface area contributed by atoms with Crippen LogP contribution in [0.25, 0.3) is 0 Å². The van der Waals surface area contributed by atoms with Crippen LogP contribution < -0.4 is 5.32 Å². The smallest absolute Gasteiger partial charge is 0.382 e. The average Bonchev–Trinajstić information content (AvgIpc) is 2.66. The van der Waals surface area contributed by atoms with Gasteiger partial charge in [-0.2, -0.15) is 13.2 Å². The Kier molecular flexibility index (Phi) is 4.45. The SMILES string of the molecule is CC1CNc2ccc(C(F)(F)F)c(Cl)c2C(c2c(F)cccc2F)=N1. The van der Waals surface area contributed by atoms with Crippen LogP contribution in [0, 0.1) is 11.6 Å². The first-order valence-corrected chi connectivity index (χ1v) is 7.74. The van der Waals surface area contributed by atoms with Crippen LogP contribution in [0.3, 0.4) is 0 Å². The van der Waals surface area contributed by atoms with Gasteiger partial charge in [0.1, 0.15) is 11.6 Å². The summed E-state index contributed by atoms with van der Waals surface area (Å²) in [5.41, 5.74) is -1.75. The second-order valence-electron chi connectivity index (χ2n) is 5.65. The van der Waals surface area contributed by atoms with Gasteiger partial charge >= 0.3 is 6.18 Å². The number of nitrogens with zero attached hydrogens (tertiary/aromatic N) is 1. The van der Waals surface area contributed by atoms with Crippen molar-refractivity contribution in [3.8, 4) is 0 Å². The molecule has 1 aliphatic heterocycles. The molecule has 25 heavy (non-hydrogen) atoms. The van der Waals surface area contributed by atoms with E-state index in [2.05, 4.69) is 10.3 Å². The third kappa shape index (κ3) is 3.20. The first-order valence-electron chi connectivity index (χ1n) is 7.36. The van der Waals surface area contributed by atoms with Gasteiger partial charge in [-0.1, -0.05) is 17.7 Å². The number of aliphatic imine (C=N–C) groups is 1. The van der Waals surface area contributed by atoms with Crippen molar-refractivity contribution in [2.24, 2.45) is 4.99 Å². The number of fused-ring (bicyclic) bond motifs is 1. The van der Waals surface area contributed by atoms with Gasteiger partial charge in [0.2, 0.25) is 0 Å². The number of alkyl halides is 3. The lowest BCUT2D eigenvalue weighted by Gasteiger charge is -2.17. The molecular weight excluding hydrogens is 363 g/mol. The van der Waals surface area contributed by atoms with Gasteiger partial charge in [-0.05, 0) is 31.2 Å². The topological polar surface area (TPSA) is 24.4 Å². The van der Waals surface area contributed by atoms with Crippen LogP contribution >= 0.6 is 11.6 Å². The number of rotatable bonds is 1. The number of nitrogens with one attached hydrogen (secondary N) is 1. The van der Waals surface area contributed by atoms with E-state index in [4.69, 9.17) is 11.6 Å². The Morgan fingerprint density at radius 2 is 1.72 bits per heavy atom. The highest BCUT2D eigenvalue weighted by atomic mass is 35.5. The van der Waals surface area contributed by atoms with E-state index >= 15 is 0 Å². The maximum absolute atomic E-state index is 14.2. The van der Waals surface area contributed by atoms with Crippen molar-refractivity contribution in [1.29, 1.82) is 0 Å². The quantitative estimate of drug-likeness (QED) is 0.674. The van der Waals surface area contributed by atoms with Gasteiger partial charge in [-0.25, -0.2) is 8.78 Å². The minimum atomic E-state index is -4.71. The van der Waals surface area contributed by atoms with E-state index in [1.807, 2.05) is 0 Å². The van der Waals surface area contributed by atoms with E-state index in [-0.39, 0.29) is 23.5 Å². The largest absolute Gasteiger partial charge is 0.417 e. The first-order chi connectivity index (χ1) is 11.7. The van der Waals surface area contributed by atoms with Gasteiger partial charge < -0.3 is 5.32 Å². The molecule has 1 heterocycles. The molecular formula is C17H12ClF5N2. The van der Waals surface area contributed by atoms with Crippen molar-refractivity contribution in [2.45, 2.75) is 19.1 Å². The van der Waals surface area contributed by atoms with Crippen molar-refractivity contribution >= 4 is 23.0 Å². The molecule has 8 heteroatoms. The fourth-order valence-electron chi connectivity index (χ4n) is 2.68. The minimum Gasteiger partial charge on any atom is -0.382 e. The zero-order valence-electron chi connectivity index (χ0n) is 12.9.